The molecule has 0 aliphatic heterocycles. The highest BCUT2D eigenvalue weighted by molar-refractivity contribution is 7.15. The second-order valence-electron chi connectivity index (χ2n) is 4.90. The molecule has 1 aromatic carbocycles. The molecular weight excluding hydrogens is 316 g/mol. The minimum absolute atomic E-state index is 0.0569. The molecule has 0 saturated carbocycles. The molecule has 0 saturated heterocycles. The smallest absolute Gasteiger partial charge is 0.338 e. The summed E-state index contributed by atoms with van der Waals surface area (Å²) in [5, 5.41) is 1.78. The van der Waals surface area contributed by atoms with Gasteiger partial charge >= 0.3 is 5.97 Å². The van der Waals surface area contributed by atoms with Crippen LogP contribution in [0.2, 0.25) is 0 Å². The third-order valence-corrected chi connectivity index (χ3v) is 4.11. The largest absolute Gasteiger partial charge is 0.496 e. The number of thiazole rings is 1. The predicted octanol–water partition coefficient (Wildman–Crippen LogP) is 2.43. The van der Waals surface area contributed by atoms with E-state index in [9.17, 15) is 9.59 Å². The maximum atomic E-state index is 12.1. The fourth-order valence-corrected chi connectivity index (χ4v) is 2.87. The van der Waals surface area contributed by atoms with Crippen molar-refractivity contribution in [2.24, 2.45) is 0 Å². The van der Waals surface area contributed by atoms with E-state index in [1.807, 2.05) is 6.92 Å². The van der Waals surface area contributed by atoms with Crippen molar-refractivity contribution in [3.63, 3.8) is 0 Å². The van der Waals surface area contributed by atoms with E-state index in [4.69, 9.17) is 9.47 Å². The molecule has 3 aromatic rings. The van der Waals surface area contributed by atoms with Gasteiger partial charge in [-0.1, -0.05) is 6.07 Å². The van der Waals surface area contributed by atoms with Gasteiger partial charge in [-0.15, -0.1) is 11.3 Å². The molecule has 0 N–H and O–H groups in total. The van der Waals surface area contributed by atoms with Crippen LogP contribution in [0, 0.1) is 6.92 Å². The number of nitrogens with zero attached hydrogens (tertiary/aromatic N) is 2. The molecule has 118 valence electrons. The van der Waals surface area contributed by atoms with Crippen LogP contribution in [-0.4, -0.2) is 22.5 Å². The van der Waals surface area contributed by atoms with Crippen molar-refractivity contribution in [3.8, 4) is 5.75 Å². The minimum Gasteiger partial charge on any atom is -0.496 e. The molecule has 0 bridgehead atoms. The summed E-state index contributed by atoms with van der Waals surface area (Å²) in [6.45, 7) is 1.83. The number of fused-ring (bicyclic) bond motifs is 1. The van der Waals surface area contributed by atoms with Crippen LogP contribution in [0.5, 0.6) is 5.75 Å². The summed E-state index contributed by atoms with van der Waals surface area (Å²) in [5.74, 6) is 0.132. The van der Waals surface area contributed by atoms with Gasteiger partial charge in [0.05, 0.1) is 18.4 Å². The number of ether oxygens (including phenoxy) is 2. The molecule has 2 aromatic heterocycles. The van der Waals surface area contributed by atoms with E-state index in [0.717, 1.165) is 5.56 Å². The number of aromatic nitrogens is 2. The Balaban J connectivity index is 1.76. The molecule has 0 spiro atoms. The van der Waals surface area contributed by atoms with Gasteiger partial charge < -0.3 is 9.47 Å². The van der Waals surface area contributed by atoms with Gasteiger partial charge in [-0.3, -0.25) is 9.20 Å². The lowest BCUT2D eigenvalue weighted by molar-refractivity contribution is 0.0467. The first-order valence-corrected chi connectivity index (χ1v) is 7.74. The van der Waals surface area contributed by atoms with Crippen LogP contribution in [0.25, 0.3) is 4.96 Å². The second kappa shape index (κ2) is 6.21. The molecule has 0 unspecified atom stereocenters. The fourth-order valence-electron chi connectivity index (χ4n) is 2.13. The summed E-state index contributed by atoms with van der Waals surface area (Å²) in [4.78, 5) is 28.8. The number of esters is 1. The molecule has 0 atom stereocenters. The number of aryl methyl sites for hydroxylation is 1. The molecule has 7 heteroatoms. The molecule has 0 fully saturated rings. The monoisotopic (exact) mass is 330 g/mol. The first kappa shape index (κ1) is 15.2. The van der Waals surface area contributed by atoms with E-state index >= 15 is 0 Å². The topological polar surface area (TPSA) is 69.9 Å². The maximum Gasteiger partial charge on any atom is 0.338 e. The number of hydrogen-bond donors (Lipinski definition) is 0. The number of carbonyl (C=O) groups is 1. The van der Waals surface area contributed by atoms with Crippen molar-refractivity contribution in [3.05, 3.63) is 63.0 Å². The van der Waals surface area contributed by atoms with Crippen molar-refractivity contribution < 1.29 is 14.3 Å². The lowest BCUT2D eigenvalue weighted by Gasteiger charge is -2.08. The van der Waals surface area contributed by atoms with Gasteiger partial charge in [0.1, 0.15) is 12.4 Å². The quantitative estimate of drug-likeness (QED) is 0.687. The Labute approximate surface area is 135 Å². The van der Waals surface area contributed by atoms with Crippen LogP contribution in [0.15, 0.2) is 40.6 Å². The third-order valence-electron chi connectivity index (χ3n) is 3.35. The number of methoxy groups -OCH3 is 1. The van der Waals surface area contributed by atoms with Crippen molar-refractivity contribution in [2.75, 3.05) is 7.11 Å². The van der Waals surface area contributed by atoms with E-state index < -0.39 is 5.97 Å². The Morgan fingerprint density at radius 3 is 2.96 bits per heavy atom. The summed E-state index contributed by atoms with van der Waals surface area (Å²) in [5.41, 5.74) is 1.55. The Morgan fingerprint density at radius 2 is 2.17 bits per heavy atom. The van der Waals surface area contributed by atoms with Gasteiger partial charge in [-0.2, -0.15) is 0 Å². The summed E-state index contributed by atoms with van der Waals surface area (Å²) >= 11 is 1.35. The summed E-state index contributed by atoms with van der Waals surface area (Å²) in [6, 6.07) is 6.45. The number of benzene rings is 1. The Morgan fingerprint density at radius 1 is 1.35 bits per heavy atom. The first-order chi connectivity index (χ1) is 11.1. The van der Waals surface area contributed by atoms with Gasteiger partial charge in [0, 0.05) is 17.6 Å². The van der Waals surface area contributed by atoms with Crippen LogP contribution >= 0.6 is 11.3 Å². The van der Waals surface area contributed by atoms with E-state index in [2.05, 4.69) is 4.98 Å². The molecule has 23 heavy (non-hydrogen) atoms. The molecule has 2 heterocycles. The zero-order chi connectivity index (χ0) is 16.4. The lowest BCUT2D eigenvalue weighted by atomic mass is 10.1. The second-order valence-corrected chi connectivity index (χ2v) is 5.77. The molecular formula is C16H14N2O4S. The van der Waals surface area contributed by atoms with Crippen molar-refractivity contribution >= 4 is 22.3 Å². The van der Waals surface area contributed by atoms with Crippen LogP contribution in [0.3, 0.4) is 0 Å². The SMILES string of the molecule is COc1cc(C(=O)OCc2cc(=O)n3ccsc3n2)ccc1C. The number of rotatable bonds is 4. The third kappa shape index (κ3) is 3.09. The predicted molar refractivity (Wildman–Crippen MR) is 86.2 cm³/mol. The molecule has 0 aliphatic carbocycles. The Hall–Kier alpha value is -2.67. The molecule has 6 nitrogen and oxygen atoms in total. The fraction of sp³-hybridized carbons (Fsp3) is 0.188. The van der Waals surface area contributed by atoms with Crippen LogP contribution < -0.4 is 10.3 Å². The zero-order valence-electron chi connectivity index (χ0n) is 12.6. The van der Waals surface area contributed by atoms with Gasteiger partial charge in [0.25, 0.3) is 5.56 Å². The normalized spacial score (nSPS) is 10.7. The molecule has 0 aliphatic rings. The highest BCUT2D eigenvalue weighted by Crippen LogP contribution is 2.19. The average molecular weight is 330 g/mol. The maximum absolute atomic E-state index is 12.1. The molecule has 0 amide bonds. The van der Waals surface area contributed by atoms with Gasteiger partial charge in [0.2, 0.25) is 0 Å². The highest BCUT2D eigenvalue weighted by atomic mass is 32.1. The van der Waals surface area contributed by atoms with Crippen LogP contribution in [0.1, 0.15) is 21.6 Å². The average Bonchev–Trinajstić information content (AvgIpc) is 3.02. The minimum atomic E-state index is -0.489. The van der Waals surface area contributed by atoms with E-state index in [1.165, 1.54) is 21.8 Å². The van der Waals surface area contributed by atoms with Crippen LogP contribution in [-0.2, 0) is 11.3 Å². The summed E-state index contributed by atoms with van der Waals surface area (Å²) in [7, 11) is 1.55. The van der Waals surface area contributed by atoms with Crippen molar-refractivity contribution in [1.82, 2.24) is 9.38 Å². The van der Waals surface area contributed by atoms with Crippen molar-refractivity contribution in [2.45, 2.75) is 13.5 Å². The van der Waals surface area contributed by atoms with Crippen molar-refractivity contribution in [1.29, 1.82) is 0 Å². The van der Waals surface area contributed by atoms with Gasteiger partial charge in [-0.05, 0) is 24.6 Å². The molecule has 3 rings (SSSR count). The van der Waals surface area contributed by atoms with Gasteiger partial charge in [-0.25, -0.2) is 9.78 Å². The first-order valence-electron chi connectivity index (χ1n) is 6.86. The number of hydrogen-bond acceptors (Lipinski definition) is 6. The zero-order valence-corrected chi connectivity index (χ0v) is 13.4. The van der Waals surface area contributed by atoms with E-state index in [1.54, 1.807) is 36.9 Å². The van der Waals surface area contributed by atoms with Gasteiger partial charge in [0.15, 0.2) is 4.96 Å². The lowest BCUT2D eigenvalue weighted by Crippen LogP contribution is -2.14. The summed E-state index contributed by atoms with van der Waals surface area (Å²) in [6.07, 6.45) is 1.66. The Kier molecular flexibility index (Phi) is 4.12. The number of carbonyl (C=O) groups excluding carboxylic acids is 1. The van der Waals surface area contributed by atoms with E-state index in [0.29, 0.717) is 22.0 Å². The van der Waals surface area contributed by atoms with E-state index in [-0.39, 0.29) is 12.2 Å². The highest BCUT2D eigenvalue weighted by Gasteiger charge is 2.11. The van der Waals surface area contributed by atoms with Crippen LogP contribution in [0.4, 0.5) is 0 Å². The molecule has 0 radical (unpaired) electrons. The standard InChI is InChI=1S/C16H14N2O4S/c1-10-3-4-11(7-13(10)21-2)15(20)22-9-12-8-14(19)18-5-6-23-16(18)17-12/h3-8H,9H2,1-2H3. The Bertz CT molecular complexity index is 929. The summed E-state index contributed by atoms with van der Waals surface area (Å²) < 4.78 is 11.9.